The first kappa shape index (κ1) is 15.4. The predicted molar refractivity (Wildman–Crippen MR) is 64.9 cm³/mol. The maximum atomic E-state index is 10.7. The van der Waals surface area contributed by atoms with E-state index in [-0.39, 0.29) is 0 Å². The van der Waals surface area contributed by atoms with Crippen molar-refractivity contribution in [2.45, 2.75) is 32.9 Å². The lowest BCUT2D eigenvalue weighted by Gasteiger charge is -2.30. The van der Waals surface area contributed by atoms with Gasteiger partial charge in [0.2, 0.25) is 0 Å². The minimum atomic E-state index is -2.18. The average molecular weight is 249 g/mol. The van der Waals surface area contributed by atoms with Gasteiger partial charge in [-0.2, -0.15) is 0 Å². The molecule has 0 aromatic carbocycles. The van der Waals surface area contributed by atoms with Crippen LogP contribution in [0.3, 0.4) is 0 Å². The van der Waals surface area contributed by atoms with Crippen LogP contribution >= 0.6 is 0 Å². The molecule has 0 atom stereocenters. The number of rotatable bonds is 8. The minimum Gasteiger partial charge on any atom is -0.465 e. The minimum absolute atomic E-state index is 0.468. The number of carbonyl (C=O) groups is 1. The standard InChI is InChI=1S/C10H23NO4Si/c1-5-14-16(7-3,15-6-2)9-8-11(4)10(12)13/h5-9H2,1-4H3,(H,12,13). The van der Waals surface area contributed by atoms with E-state index in [4.69, 9.17) is 14.0 Å². The number of hydrogen-bond donors (Lipinski definition) is 1. The summed E-state index contributed by atoms with van der Waals surface area (Å²) in [5, 5.41) is 8.77. The second-order valence-electron chi connectivity index (χ2n) is 3.58. The Hall–Kier alpha value is -0.593. The highest BCUT2D eigenvalue weighted by Gasteiger charge is 2.35. The van der Waals surface area contributed by atoms with Gasteiger partial charge in [-0.25, -0.2) is 4.79 Å². The van der Waals surface area contributed by atoms with Gasteiger partial charge in [-0.1, -0.05) is 6.92 Å². The van der Waals surface area contributed by atoms with Crippen LogP contribution in [0.2, 0.25) is 12.1 Å². The molecule has 6 heteroatoms. The maximum Gasteiger partial charge on any atom is 0.407 e. The van der Waals surface area contributed by atoms with Crippen molar-refractivity contribution in [1.29, 1.82) is 0 Å². The van der Waals surface area contributed by atoms with E-state index >= 15 is 0 Å². The molecule has 0 aliphatic carbocycles. The summed E-state index contributed by atoms with van der Waals surface area (Å²) in [5.74, 6) is 0. The van der Waals surface area contributed by atoms with Crippen molar-refractivity contribution in [1.82, 2.24) is 4.90 Å². The zero-order chi connectivity index (χ0) is 12.6. The van der Waals surface area contributed by atoms with Crippen molar-refractivity contribution in [3.05, 3.63) is 0 Å². The fourth-order valence-corrected chi connectivity index (χ4v) is 4.39. The Kier molecular flexibility index (Phi) is 7.36. The highest BCUT2D eigenvalue weighted by molar-refractivity contribution is 6.67. The molecular weight excluding hydrogens is 226 g/mol. The topological polar surface area (TPSA) is 59.0 Å². The van der Waals surface area contributed by atoms with Gasteiger partial charge in [0, 0.05) is 32.9 Å². The Morgan fingerprint density at radius 3 is 2.06 bits per heavy atom. The molecule has 0 saturated carbocycles. The fourth-order valence-electron chi connectivity index (χ4n) is 1.53. The van der Waals surface area contributed by atoms with E-state index in [0.29, 0.717) is 25.8 Å². The Morgan fingerprint density at radius 1 is 1.25 bits per heavy atom. The van der Waals surface area contributed by atoms with Crippen molar-refractivity contribution in [2.24, 2.45) is 0 Å². The number of amides is 1. The monoisotopic (exact) mass is 249 g/mol. The van der Waals surface area contributed by atoms with E-state index in [1.54, 1.807) is 7.05 Å². The van der Waals surface area contributed by atoms with Crippen LogP contribution in [-0.2, 0) is 8.85 Å². The molecular formula is C10H23NO4Si. The van der Waals surface area contributed by atoms with Crippen LogP contribution in [0.15, 0.2) is 0 Å². The lowest BCUT2D eigenvalue weighted by Crippen LogP contribution is -2.44. The summed E-state index contributed by atoms with van der Waals surface area (Å²) in [6, 6.07) is 1.54. The molecule has 0 unspecified atom stereocenters. The summed E-state index contributed by atoms with van der Waals surface area (Å²) in [6.07, 6.45) is -0.910. The van der Waals surface area contributed by atoms with Crippen LogP contribution < -0.4 is 0 Å². The molecule has 5 nitrogen and oxygen atoms in total. The van der Waals surface area contributed by atoms with Crippen LogP contribution in [0.5, 0.6) is 0 Å². The summed E-state index contributed by atoms with van der Waals surface area (Å²) in [4.78, 5) is 12.0. The smallest absolute Gasteiger partial charge is 0.407 e. The highest BCUT2D eigenvalue weighted by Crippen LogP contribution is 2.19. The molecule has 0 saturated heterocycles. The SMILES string of the molecule is CCO[Si](CC)(CCN(C)C(=O)O)OCC. The summed E-state index contributed by atoms with van der Waals surface area (Å²) in [7, 11) is -0.619. The van der Waals surface area contributed by atoms with E-state index in [1.807, 2.05) is 20.8 Å². The summed E-state index contributed by atoms with van der Waals surface area (Å²) >= 11 is 0. The molecule has 0 fully saturated rings. The first-order valence-electron chi connectivity index (χ1n) is 5.73. The van der Waals surface area contributed by atoms with Crippen molar-refractivity contribution in [3.8, 4) is 0 Å². The average Bonchev–Trinajstić information content (AvgIpc) is 2.25. The lowest BCUT2D eigenvalue weighted by atomic mass is 10.7. The third-order valence-electron chi connectivity index (χ3n) is 2.51. The van der Waals surface area contributed by atoms with Gasteiger partial charge in [0.15, 0.2) is 0 Å². The Labute approximate surface area is 98.6 Å². The second-order valence-corrected chi connectivity index (χ2v) is 7.19. The molecule has 1 amide bonds. The zero-order valence-electron chi connectivity index (χ0n) is 10.7. The van der Waals surface area contributed by atoms with E-state index in [9.17, 15) is 4.79 Å². The van der Waals surface area contributed by atoms with Crippen molar-refractivity contribution >= 4 is 14.7 Å². The summed E-state index contributed by atoms with van der Waals surface area (Å²) in [5.41, 5.74) is 0. The van der Waals surface area contributed by atoms with Gasteiger partial charge >= 0.3 is 14.7 Å². The lowest BCUT2D eigenvalue weighted by molar-refractivity contribution is 0.152. The van der Waals surface area contributed by atoms with Gasteiger partial charge in [-0.3, -0.25) is 0 Å². The van der Waals surface area contributed by atoms with Gasteiger partial charge in [0.1, 0.15) is 0 Å². The van der Waals surface area contributed by atoms with Gasteiger partial charge in [-0.15, -0.1) is 0 Å². The predicted octanol–water partition coefficient (Wildman–Crippen LogP) is 2.13. The highest BCUT2D eigenvalue weighted by atomic mass is 28.4. The van der Waals surface area contributed by atoms with Crippen molar-refractivity contribution < 1.29 is 18.8 Å². The van der Waals surface area contributed by atoms with Crippen LogP contribution in [0.4, 0.5) is 4.79 Å². The number of hydrogen-bond acceptors (Lipinski definition) is 3. The molecule has 0 radical (unpaired) electrons. The Balaban J connectivity index is 4.34. The molecule has 0 aliphatic heterocycles. The zero-order valence-corrected chi connectivity index (χ0v) is 11.7. The van der Waals surface area contributed by atoms with Gasteiger partial charge in [0.05, 0.1) is 0 Å². The molecule has 16 heavy (non-hydrogen) atoms. The summed E-state index contributed by atoms with van der Waals surface area (Å²) in [6.45, 7) is 7.64. The van der Waals surface area contributed by atoms with E-state index in [0.717, 1.165) is 6.04 Å². The maximum absolute atomic E-state index is 10.7. The quantitative estimate of drug-likeness (QED) is 0.669. The van der Waals surface area contributed by atoms with Crippen LogP contribution in [0, 0.1) is 0 Å². The van der Waals surface area contributed by atoms with E-state index in [1.165, 1.54) is 4.90 Å². The van der Waals surface area contributed by atoms with Crippen molar-refractivity contribution in [2.75, 3.05) is 26.8 Å². The van der Waals surface area contributed by atoms with E-state index < -0.39 is 14.7 Å². The fraction of sp³-hybridized carbons (Fsp3) is 0.900. The third kappa shape index (κ3) is 4.96. The number of carboxylic acid groups (broad SMARTS) is 1. The number of nitrogens with zero attached hydrogens (tertiary/aromatic N) is 1. The largest absolute Gasteiger partial charge is 0.465 e. The molecule has 0 rings (SSSR count). The normalized spacial score (nSPS) is 11.5. The molecule has 1 N–H and O–H groups in total. The third-order valence-corrected chi connectivity index (χ3v) is 6.20. The molecule has 0 aromatic heterocycles. The van der Waals surface area contributed by atoms with Crippen LogP contribution in [0.25, 0.3) is 0 Å². The first-order chi connectivity index (χ1) is 7.51. The Bertz CT molecular complexity index is 207. The van der Waals surface area contributed by atoms with Gasteiger partial charge in [0.25, 0.3) is 0 Å². The van der Waals surface area contributed by atoms with Gasteiger partial charge in [-0.05, 0) is 19.9 Å². The molecule has 0 aliphatic rings. The summed E-state index contributed by atoms with van der Waals surface area (Å²) < 4.78 is 11.5. The van der Waals surface area contributed by atoms with Gasteiger partial charge < -0.3 is 18.9 Å². The van der Waals surface area contributed by atoms with Crippen LogP contribution in [0.1, 0.15) is 20.8 Å². The Morgan fingerprint density at radius 2 is 1.75 bits per heavy atom. The molecule has 0 bridgehead atoms. The van der Waals surface area contributed by atoms with Crippen LogP contribution in [-0.4, -0.2) is 51.5 Å². The molecule has 96 valence electrons. The first-order valence-corrected chi connectivity index (χ1v) is 7.96. The molecule has 0 aromatic rings. The van der Waals surface area contributed by atoms with E-state index in [2.05, 4.69) is 0 Å². The van der Waals surface area contributed by atoms with Crippen molar-refractivity contribution in [3.63, 3.8) is 0 Å². The second kappa shape index (κ2) is 7.64. The molecule has 0 heterocycles. The molecule has 0 spiro atoms.